The van der Waals surface area contributed by atoms with Crippen molar-refractivity contribution in [2.75, 3.05) is 0 Å². The maximum absolute atomic E-state index is 12.6. The van der Waals surface area contributed by atoms with Gasteiger partial charge in [0.1, 0.15) is 16.6 Å². The molecule has 1 aromatic heterocycles. The van der Waals surface area contributed by atoms with Crippen LogP contribution in [0.15, 0.2) is 12.1 Å². The molecule has 2 N–H and O–H groups in total. The molecular weight excluding hydrogens is 405 g/mol. The summed E-state index contributed by atoms with van der Waals surface area (Å²) in [5, 5.41) is 11.3. The van der Waals surface area contributed by atoms with Crippen LogP contribution in [0.1, 0.15) is 75.1 Å². The first-order valence-corrected chi connectivity index (χ1v) is 9.99. The zero-order chi connectivity index (χ0) is 20.7. The lowest BCUT2D eigenvalue weighted by Crippen LogP contribution is -2.18. The van der Waals surface area contributed by atoms with E-state index in [4.69, 9.17) is 34.8 Å². The van der Waals surface area contributed by atoms with E-state index in [9.17, 15) is 9.90 Å². The average molecular weight is 431 g/mol. The highest BCUT2D eigenvalue weighted by Gasteiger charge is 2.27. The molecule has 0 saturated heterocycles. The third-order valence-electron chi connectivity index (χ3n) is 4.54. The van der Waals surface area contributed by atoms with Crippen molar-refractivity contribution in [3.05, 3.63) is 49.7 Å². The molecule has 148 valence electrons. The zero-order valence-corrected chi connectivity index (χ0v) is 18.8. The molecule has 0 atom stereocenters. The molecule has 0 unspecified atom stereocenters. The van der Waals surface area contributed by atoms with Gasteiger partial charge < -0.3 is 10.1 Å². The fourth-order valence-electron chi connectivity index (χ4n) is 2.98. The number of ketones is 1. The predicted octanol–water partition coefficient (Wildman–Crippen LogP) is 7.09. The van der Waals surface area contributed by atoms with Crippen molar-refractivity contribution in [1.29, 1.82) is 0 Å². The van der Waals surface area contributed by atoms with Crippen molar-refractivity contribution in [2.45, 2.75) is 65.2 Å². The van der Waals surface area contributed by atoms with E-state index >= 15 is 0 Å². The van der Waals surface area contributed by atoms with Gasteiger partial charge in [0, 0.05) is 6.42 Å². The fraction of sp³-hybridized carbons (Fsp3) is 0.476. The molecule has 0 aliphatic carbocycles. The summed E-state index contributed by atoms with van der Waals surface area (Å²) in [6.07, 6.45) is 0.778. The summed E-state index contributed by atoms with van der Waals surface area (Å²) < 4.78 is 0. The Hall–Kier alpha value is -1.16. The van der Waals surface area contributed by atoms with Crippen molar-refractivity contribution >= 4 is 40.6 Å². The third-order valence-corrected chi connectivity index (χ3v) is 5.78. The standard InChI is InChI=1S/C21H26Cl3NO2/c1-20(2,3)12-9-11(10-13(18(12)27)21(4,5)6)7-8-14(26)17-15(22)16(23)19(24)25-17/h9-10,25,27H,7-8H2,1-6H3. The number of phenolic OH excluding ortho intramolecular Hbond substituents is 1. The first-order chi connectivity index (χ1) is 12.2. The van der Waals surface area contributed by atoms with Gasteiger partial charge in [-0.3, -0.25) is 4.79 Å². The van der Waals surface area contributed by atoms with Crippen LogP contribution in [0, 0.1) is 0 Å². The molecule has 1 heterocycles. The summed E-state index contributed by atoms with van der Waals surface area (Å²) in [6, 6.07) is 3.96. The molecule has 6 heteroatoms. The number of aromatic hydroxyl groups is 1. The highest BCUT2D eigenvalue weighted by atomic mass is 35.5. The van der Waals surface area contributed by atoms with Gasteiger partial charge >= 0.3 is 0 Å². The minimum Gasteiger partial charge on any atom is -0.507 e. The van der Waals surface area contributed by atoms with Crippen molar-refractivity contribution in [3.63, 3.8) is 0 Å². The van der Waals surface area contributed by atoms with E-state index in [1.807, 2.05) is 12.1 Å². The number of carbonyl (C=O) groups excluding carboxylic acids is 1. The van der Waals surface area contributed by atoms with Gasteiger partial charge in [-0.15, -0.1) is 0 Å². The zero-order valence-electron chi connectivity index (χ0n) is 16.6. The molecule has 0 radical (unpaired) electrons. The Morgan fingerprint density at radius 2 is 1.44 bits per heavy atom. The van der Waals surface area contributed by atoms with Crippen LogP contribution >= 0.6 is 34.8 Å². The number of rotatable bonds is 4. The first-order valence-electron chi connectivity index (χ1n) is 8.86. The first kappa shape index (κ1) is 22.1. The van der Waals surface area contributed by atoms with Crippen LogP contribution in [0.3, 0.4) is 0 Å². The minimum atomic E-state index is -0.214. The van der Waals surface area contributed by atoms with E-state index in [1.165, 1.54) is 0 Å². The topological polar surface area (TPSA) is 53.1 Å². The molecule has 27 heavy (non-hydrogen) atoms. The lowest BCUT2D eigenvalue weighted by atomic mass is 9.78. The van der Waals surface area contributed by atoms with Crippen molar-refractivity contribution in [3.8, 4) is 5.75 Å². The number of nitrogens with one attached hydrogen (secondary N) is 1. The molecule has 2 aromatic rings. The monoisotopic (exact) mass is 429 g/mol. The number of aryl methyl sites for hydroxylation is 1. The van der Waals surface area contributed by atoms with E-state index < -0.39 is 0 Å². The molecule has 2 rings (SSSR count). The number of carbonyl (C=O) groups is 1. The second kappa shape index (κ2) is 7.69. The summed E-state index contributed by atoms with van der Waals surface area (Å²) in [5.74, 6) is 0.174. The molecule has 0 spiro atoms. The van der Waals surface area contributed by atoms with Crippen LogP contribution in [-0.4, -0.2) is 15.9 Å². The molecule has 0 fully saturated rings. The van der Waals surface area contributed by atoms with E-state index in [0.29, 0.717) is 12.2 Å². The van der Waals surface area contributed by atoms with Gasteiger partial charge in [-0.2, -0.15) is 0 Å². The van der Waals surface area contributed by atoms with Crippen LogP contribution in [-0.2, 0) is 17.3 Å². The van der Waals surface area contributed by atoms with Crippen LogP contribution in [0.5, 0.6) is 5.75 Å². The molecule has 0 amide bonds. The summed E-state index contributed by atoms with van der Waals surface area (Å²) in [7, 11) is 0. The second-order valence-corrected chi connectivity index (χ2v) is 10.0. The molecular formula is C21H26Cl3NO2. The third kappa shape index (κ3) is 4.82. The Balaban J connectivity index is 2.36. The Bertz CT molecular complexity index is 836. The largest absolute Gasteiger partial charge is 0.507 e. The number of aromatic nitrogens is 1. The lowest BCUT2D eigenvalue weighted by molar-refractivity contribution is 0.0979. The molecule has 0 bridgehead atoms. The van der Waals surface area contributed by atoms with E-state index in [-0.39, 0.29) is 43.9 Å². The Kier molecular flexibility index (Phi) is 6.31. The number of hydrogen-bond donors (Lipinski definition) is 2. The minimum absolute atomic E-state index is 0.156. The van der Waals surface area contributed by atoms with Gasteiger partial charge in [-0.1, -0.05) is 88.5 Å². The fourth-order valence-corrected chi connectivity index (χ4v) is 3.61. The summed E-state index contributed by atoms with van der Waals surface area (Å²) >= 11 is 17.9. The maximum atomic E-state index is 12.6. The van der Waals surface area contributed by atoms with E-state index in [1.54, 1.807) is 0 Å². The van der Waals surface area contributed by atoms with Crippen LogP contribution in [0.2, 0.25) is 15.2 Å². The molecule has 0 aliphatic heterocycles. The summed E-state index contributed by atoms with van der Waals surface area (Å²) in [6.45, 7) is 12.4. The van der Waals surface area contributed by atoms with Crippen molar-refractivity contribution in [2.24, 2.45) is 0 Å². The molecule has 0 aliphatic rings. The van der Waals surface area contributed by atoms with Crippen molar-refractivity contribution in [1.82, 2.24) is 4.98 Å². The van der Waals surface area contributed by atoms with Gasteiger partial charge in [-0.25, -0.2) is 0 Å². The van der Waals surface area contributed by atoms with E-state index in [2.05, 4.69) is 46.5 Å². The number of H-pyrrole nitrogens is 1. The summed E-state index contributed by atoms with van der Waals surface area (Å²) in [4.78, 5) is 15.3. The van der Waals surface area contributed by atoms with Gasteiger partial charge in [0.15, 0.2) is 5.78 Å². The SMILES string of the molecule is CC(C)(C)c1cc(CCC(=O)c2[nH]c(Cl)c(Cl)c2Cl)cc(C(C)(C)C)c1O. The lowest BCUT2D eigenvalue weighted by Gasteiger charge is -2.28. The highest BCUT2D eigenvalue weighted by Crippen LogP contribution is 2.40. The number of halogens is 3. The van der Waals surface area contributed by atoms with Gasteiger partial charge in [-0.05, 0) is 33.9 Å². The number of Topliss-reactive ketones (excluding diaryl/α,β-unsaturated/α-hetero) is 1. The van der Waals surface area contributed by atoms with E-state index in [0.717, 1.165) is 16.7 Å². The number of hydrogen-bond acceptors (Lipinski definition) is 2. The average Bonchev–Trinajstić information content (AvgIpc) is 2.79. The van der Waals surface area contributed by atoms with Gasteiger partial charge in [0.05, 0.1) is 10.0 Å². The van der Waals surface area contributed by atoms with Gasteiger partial charge in [0.2, 0.25) is 0 Å². The Morgan fingerprint density at radius 3 is 1.81 bits per heavy atom. The maximum Gasteiger partial charge on any atom is 0.180 e. The number of phenols is 1. The molecule has 1 aromatic carbocycles. The predicted molar refractivity (Wildman–Crippen MR) is 114 cm³/mol. The smallest absolute Gasteiger partial charge is 0.180 e. The normalized spacial score (nSPS) is 12.5. The number of aromatic amines is 1. The molecule has 0 saturated carbocycles. The quantitative estimate of drug-likeness (QED) is 0.509. The van der Waals surface area contributed by atoms with Crippen LogP contribution in [0.4, 0.5) is 0 Å². The number of benzene rings is 1. The Morgan fingerprint density at radius 1 is 0.963 bits per heavy atom. The highest BCUT2D eigenvalue weighted by molar-refractivity contribution is 6.49. The molecule has 3 nitrogen and oxygen atoms in total. The summed E-state index contributed by atoms with van der Waals surface area (Å²) in [5.41, 5.74) is 2.55. The van der Waals surface area contributed by atoms with Crippen LogP contribution in [0.25, 0.3) is 0 Å². The van der Waals surface area contributed by atoms with Crippen LogP contribution < -0.4 is 0 Å². The second-order valence-electron chi connectivity index (χ2n) is 8.90. The van der Waals surface area contributed by atoms with Crippen molar-refractivity contribution < 1.29 is 9.90 Å². The Labute approximate surface area is 176 Å². The van der Waals surface area contributed by atoms with Gasteiger partial charge in [0.25, 0.3) is 0 Å².